The van der Waals surface area contributed by atoms with Crippen molar-refractivity contribution < 1.29 is 18.3 Å². The van der Waals surface area contributed by atoms with Gasteiger partial charge in [0.2, 0.25) is 0 Å². The lowest BCUT2D eigenvalue weighted by molar-refractivity contribution is 0.138. The number of carbonyl (C=O) groups excluding carboxylic acids is 1. The van der Waals surface area contributed by atoms with Gasteiger partial charge in [-0.1, -0.05) is 29.5 Å². The number of fused-ring (bicyclic) bond motifs is 1. The molecule has 2 aromatic heterocycles. The SMILES string of the molecule is O=C(NCCc1c[nH]c2ccccc12)OCc1cn(Cc2c(F)cccc2F)nn1. The summed E-state index contributed by atoms with van der Waals surface area (Å²) in [7, 11) is 0. The molecule has 0 radical (unpaired) electrons. The molecule has 7 nitrogen and oxygen atoms in total. The standard InChI is InChI=1S/C21H19F2N5O2/c22-18-5-3-6-19(23)17(18)12-28-11-15(26-27-28)13-30-21(29)24-9-8-14-10-25-20-7-2-1-4-16(14)20/h1-7,10-11,25H,8-9,12-13H2,(H,24,29). The summed E-state index contributed by atoms with van der Waals surface area (Å²) < 4.78 is 33.9. The van der Waals surface area contributed by atoms with E-state index in [-0.39, 0.29) is 18.7 Å². The molecule has 0 saturated carbocycles. The van der Waals surface area contributed by atoms with Crippen LogP contribution in [0.15, 0.2) is 54.9 Å². The van der Waals surface area contributed by atoms with E-state index >= 15 is 0 Å². The van der Waals surface area contributed by atoms with E-state index in [1.165, 1.54) is 29.1 Å². The highest BCUT2D eigenvalue weighted by atomic mass is 19.1. The Bertz CT molecular complexity index is 1150. The van der Waals surface area contributed by atoms with Crippen molar-refractivity contribution in [3.8, 4) is 0 Å². The smallest absolute Gasteiger partial charge is 0.407 e. The number of ether oxygens (including phenoxy) is 1. The van der Waals surface area contributed by atoms with E-state index in [0.717, 1.165) is 16.5 Å². The van der Waals surface area contributed by atoms with Gasteiger partial charge in [-0.2, -0.15) is 0 Å². The predicted octanol–water partition coefficient (Wildman–Crippen LogP) is 3.55. The van der Waals surface area contributed by atoms with E-state index in [2.05, 4.69) is 20.6 Å². The van der Waals surface area contributed by atoms with Crippen molar-refractivity contribution >= 4 is 17.0 Å². The fourth-order valence-corrected chi connectivity index (χ4v) is 3.16. The summed E-state index contributed by atoms with van der Waals surface area (Å²) in [5.41, 5.74) is 2.42. The van der Waals surface area contributed by atoms with Gasteiger partial charge in [-0.3, -0.25) is 0 Å². The second-order valence-corrected chi connectivity index (χ2v) is 6.72. The van der Waals surface area contributed by atoms with Crippen molar-refractivity contribution in [2.75, 3.05) is 6.54 Å². The Hall–Kier alpha value is -3.75. The van der Waals surface area contributed by atoms with Crippen LogP contribution < -0.4 is 5.32 Å². The highest BCUT2D eigenvalue weighted by molar-refractivity contribution is 5.83. The number of benzene rings is 2. The first-order valence-electron chi connectivity index (χ1n) is 9.37. The van der Waals surface area contributed by atoms with E-state index in [1.807, 2.05) is 30.5 Å². The molecular formula is C21H19F2N5O2. The van der Waals surface area contributed by atoms with Crippen molar-refractivity contribution in [1.29, 1.82) is 0 Å². The molecule has 0 aliphatic rings. The van der Waals surface area contributed by atoms with Crippen molar-refractivity contribution in [3.63, 3.8) is 0 Å². The maximum absolute atomic E-state index is 13.7. The second kappa shape index (κ2) is 8.73. The minimum Gasteiger partial charge on any atom is -0.443 e. The summed E-state index contributed by atoms with van der Waals surface area (Å²) in [6.07, 6.45) is 3.48. The number of rotatable bonds is 7. The van der Waals surface area contributed by atoms with E-state index in [4.69, 9.17) is 4.74 Å². The highest BCUT2D eigenvalue weighted by Gasteiger charge is 2.11. The Morgan fingerprint density at radius 3 is 2.77 bits per heavy atom. The van der Waals surface area contributed by atoms with Crippen LogP contribution >= 0.6 is 0 Å². The zero-order valence-electron chi connectivity index (χ0n) is 15.9. The number of aromatic nitrogens is 4. The lowest BCUT2D eigenvalue weighted by atomic mass is 10.1. The maximum Gasteiger partial charge on any atom is 0.407 e. The molecule has 0 unspecified atom stereocenters. The number of hydrogen-bond acceptors (Lipinski definition) is 4. The lowest BCUT2D eigenvalue weighted by Crippen LogP contribution is -2.26. The predicted molar refractivity (Wildman–Crippen MR) is 106 cm³/mol. The first-order chi connectivity index (χ1) is 14.6. The molecule has 0 aliphatic heterocycles. The van der Waals surface area contributed by atoms with Gasteiger partial charge >= 0.3 is 6.09 Å². The molecular weight excluding hydrogens is 392 g/mol. The van der Waals surface area contributed by atoms with Crippen molar-refractivity contribution in [2.24, 2.45) is 0 Å². The first kappa shape index (κ1) is 19.6. The van der Waals surface area contributed by atoms with Crippen LogP contribution in [0.25, 0.3) is 10.9 Å². The number of amides is 1. The van der Waals surface area contributed by atoms with Gasteiger partial charge in [-0.15, -0.1) is 5.10 Å². The Morgan fingerprint density at radius 1 is 1.13 bits per heavy atom. The van der Waals surface area contributed by atoms with Crippen LogP contribution in [-0.4, -0.2) is 32.6 Å². The first-order valence-corrected chi connectivity index (χ1v) is 9.37. The molecule has 0 fully saturated rings. The Kier molecular flexibility index (Phi) is 5.69. The van der Waals surface area contributed by atoms with Crippen LogP contribution in [0.1, 0.15) is 16.8 Å². The number of H-pyrrole nitrogens is 1. The molecule has 0 atom stereocenters. The minimum atomic E-state index is -0.655. The maximum atomic E-state index is 13.7. The molecule has 154 valence electrons. The van der Waals surface area contributed by atoms with Gasteiger partial charge in [0.05, 0.1) is 12.7 Å². The van der Waals surface area contributed by atoms with Crippen LogP contribution in [-0.2, 0) is 24.3 Å². The van der Waals surface area contributed by atoms with Crippen molar-refractivity contribution in [3.05, 3.63) is 83.3 Å². The van der Waals surface area contributed by atoms with Gasteiger partial charge in [0, 0.05) is 29.2 Å². The topological polar surface area (TPSA) is 84.8 Å². The average Bonchev–Trinajstić information content (AvgIpc) is 3.36. The monoisotopic (exact) mass is 411 g/mol. The molecule has 2 heterocycles. The van der Waals surface area contributed by atoms with E-state index < -0.39 is 17.7 Å². The van der Waals surface area contributed by atoms with Crippen LogP contribution in [0.5, 0.6) is 0 Å². The largest absolute Gasteiger partial charge is 0.443 e. The van der Waals surface area contributed by atoms with Crippen molar-refractivity contribution in [2.45, 2.75) is 19.6 Å². The number of nitrogens with zero attached hydrogens (tertiary/aromatic N) is 3. The van der Waals surface area contributed by atoms with Gasteiger partial charge < -0.3 is 15.0 Å². The Labute approximate surface area is 170 Å². The molecule has 2 N–H and O–H groups in total. The number of hydrogen-bond donors (Lipinski definition) is 2. The van der Waals surface area contributed by atoms with Crippen LogP contribution in [0.2, 0.25) is 0 Å². The quantitative estimate of drug-likeness (QED) is 0.487. The molecule has 2 aromatic carbocycles. The summed E-state index contributed by atoms with van der Waals surface area (Å²) in [6, 6.07) is 11.6. The molecule has 0 aliphatic carbocycles. The summed E-state index contributed by atoms with van der Waals surface area (Å²) >= 11 is 0. The Morgan fingerprint density at radius 2 is 1.93 bits per heavy atom. The highest BCUT2D eigenvalue weighted by Crippen LogP contribution is 2.17. The minimum absolute atomic E-state index is 0.0985. The third-order valence-electron chi connectivity index (χ3n) is 4.66. The molecule has 4 aromatic rings. The molecule has 1 amide bonds. The van der Waals surface area contributed by atoms with Gasteiger partial charge in [0.25, 0.3) is 0 Å². The van der Waals surface area contributed by atoms with Crippen LogP contribution in [0.4, 0.5) is 13.6 Å². The average molecular weight is 411 g/mol. The molecule has 0 bridgehead atoms. The number of alkyl carbamates (subject to hydrolysis) is 1. The molecule has 0 saturated heterocycles. The molecule has 30 heavy (non-hydrogen) atoms. The van der Waals surface area contributed by atoms with Gasteiger partial charge in [-0.05, 0) is 30.2 Å². The molecule has 4 rings (SSSR count). The van der Waals surface area contributed by atoms with E-state index in [1.54, 1.807) is 0 Å². The van der Waals surface area contributed by atoms with Gasteiger partial charge in [0.1, 0.15) is 23.9 Å². The number of nitrogens with one attached hydrogen (secondary N) is 2. The Balaban J connectivity index is 1.24. The van der Waals surface area contributed by atoms with Gasteiger partial charge in [-0.25, -0.2) is 18.3 Å². The van der Waals surface area contributed by atoms with Gasteiger partial charge in [0.15, 0.2) is 0 Å². The lowest BCUT2D eigenvalue weighted by Gasteiger charge is -2.05. The van der Waals surface area contributed by atoms with Crippen molar-refractivity contribution in [1.82, 2.24) is 25.3 Å². The number of halogens is 2. The fraction of sp³-hybridized carbons (Fsp3) is 0.190. The van der Waals surface area contributed by atoms with E-state index in [9.17, 15) is 13.6 Å². The normalized spacial score (nSPS) is 11.0. The summed E-state index contributed by atoms with van der Waals surface area (Å²) in [5, 5.41) is 11.5. The second-order valence-electron chi connectivity index (χ2n) is 6.72. The van der Waals surface area contributed by atoms with Crippen LogP contribution in [0.3, 0.4) is 0 Å². The molecule has 9 heteroatoms. The van der Waals surface area contributed by atoms with Crippen LogP contribution in [0, 0.1) is 11.6 Å². The summed E-state index contributed by atoms with van der Waals surface area (Å²) in [4.78, 5) is 15.1. The third kappa shape index (κ3) is 4.45. The fourth-order valence-electron chi connectivity index (χ4n) is 3.16. The zero-order chi connectivity index (χ0) is 20.9. The third-order valence-corrected chi connectivity index (χ3v) is 4.66. The molecule has 0 spiro atoms. The number of carbonyl (C=O) groups is 1. The summed E-state index contributed by atoms with van der Waals surface area (Å²) in [5.74, 6) is -1.31. The zero-order valence-corrected chi connectivity index (χ0v) is 15.9. The van der Waals surface area contributed by atoms with E-state index in [0.29, 0.717) is 18.7 Å². The number of aromatic amines is 1. The summed E-state index contributed by atoms with van der Waals surface area (Å²) in [6.45, 7) is 0.209. The number of para-hydroxylation sites is 1.